The van der Waals surface area contributed by atoms with Crippen molar-refractivity contribution in [3.63, 3.8) is 0 Å². The summed E-state index contributed by atoms with van der Waals surface area (Å²) in [6.45, 7) is 11.1. The molecular formula is C42H40IrN2OSi-2. The van der Waals surface area contributed by atoms with Crippen LogP contribution >= 0.6 is 0 Å². The number of aromatic nitrogens is 2. The van der Waals surface area contributed by atoms with Crippen LogP contribution in [0.25, 0.3) is 55.6 Å². The topological polar surface area (TPSA) is 38.9 Å². The molecule has 7 rings (SSSR count). The van der Waals surface area contributed by atoms with E-state index in [1.807, 2.05) is 72.9 Å². The molecule has 0 spiro atoms. The first-order chi connectivity index (χ1) is 22.7. The Morgan fingerprint density at radius 3 is 2.21 bits per heavy atom. The maximum atomic E-state index is 8.81. The zero-order valence-corrected chi connectivity index (χ0v) is 31.0. The van der Waals surface area contributed by atoms with Crippen molar-refractivity contribution in [2.75, 3.05) is 0 Å². The molecule has 0 saturated heterocycles. The Morgan fingerprint density at radius 1 is 0.745 bits per heavy atom. The van der Waals surface area contributed by atoms with Gasteiger partial charge in [0, 0.05) is 39.3 Å². The largest absolute Gasteiger partial charge is 0.501 e. The number of furan rings is 1. The fourth-order valence-corrected chi connectivity index (χ4v) is 6.77. The van der Waals surface area contributed by atoms with Gasteiger partial charge < -0.3 is 14.4 Å². The molecule has 0 unspecified atom stereocenters. The summed E-state index contributed by atoms with van der Waals surface area (Å²) in [5.41, 5.74) is 8.61. The van der Waals surface area contributed by atoms with Gasteiger partial charge in [-0.25, -0.2) is 0 Å². The minimum absolute atomic E-state index is 0. The molecule has 0 aliphatic heterocycles. The van der Waals surface area contributed by atoms with Crippen LogP contribution < -0.4 is 5.19 Å². The average molecular weight is 810 g/mol. The number of hydrogen-bond acceptors (Lipinski definition) is 3. The minimum atomic E-state index is -1.23. The van der Waals surface area contributed by atoms with Gasteiger partial charge in [-0.1, -0.05) is 111 Å². The summed E-state index contributed by atoms with van der Waals surface area (Å²) in [7, 11) is -1.23. The molecule has 4 aromatic carbocycles. The molecule has 0 fully saturated rings. The van der Waals surface area contributed by atoms with E-state index >= 15 is 0 Å². The summed E-state index contributed by atoms with van der Waals surface area (Å²) in [6, 6.07) is 43.4. The Morgan fingerprint density at radius 2 is 1.53 bits per heavy atom. The zero-order chi connectivity index (χ0) is 33.0. The Balaban J connectivity index is 0.000000224. The van der Waals surface area contributed by atoms with Gasteiger partial charge in [0.15, 0.2) is 0 Å². The Labute approximate surface area is 294 Å². The molecule has 0 atom stereocenters. The second-order valence-electron chi connectivity index (χ2n) is 12.5. The van der Waals surface area contributed by atoms with E-state index in [1.165, 1.54) is 5.19 Å². The second kappa shape index (κ2) is 15.2. The van der Waals surface area contributed by atoms with Crippen LogP contribution in [0, 0.1) is 12.1 Å². The monoisotopic (exact) mass is 810 g/mol. The van der Waals surface area contributed by atoms with Gasteiger partial charge in [-0.3, -0.25) is 0 Å². The van der Waals surface area contributed by atoms with Crippen LogP contribution in [0.3, 0.4) is 0 Å². The van der Waals surface area contributed by atoms with Crippen LogP contribution in [-0.4, -0.2) is 18.0 Å². The maximum Gasteiger partial charge on any atom is 0.121 e. The molecule has 0 bridgehead atoms. The van der Waals surface area contributed by atoms with Crippen LogP contribution in [0.2, 0.25) is 19.6 Å². The molecule has 7 aromatic rings. The van der Waals surface area contributed by atoms with Crippen LogP contribution in [0.4, 0.5) is 0 Å². The van der Waals surface area contributed by atoms with Gasteiger partial charge in [-0.2, -0.15) is 0 Å². The van der Waals surface area contributed by atoms with Crippen molar-refractivity contribution in [1.82, 2.24) is 9.97 Å². The fourth-order valence-electron chi connectivity index (χ4n) is 5.74. The van der Waals surface area contributed by atoms with Crippen LogP contribution in [0.15, 0.2) is 126 Å². The molecule has 5 heteroatoms. The van der Waals surface area contributed by atoms with E-state index in [-0.39, 0.29) is 20.1 Å². The quantitative estimate of drug-likeness (QED) is 0.119. The minimum Gasteiger partial charge on any atom is -0.501 e. The number of nitrogens with zero attached hydrogens (tertiary/aromatic N) is 2. The van der Waals surface area contributed by atoms with Crippen molar-refractivity contribution in [2.45, 2.75) is 52.2 Å². The van der Waals surface area contributed by atoms with E-state index in [4.69, 9.17) is 5.79 Å². The Bertz CT molecular complexity index is 2100. The summed E-state index contributed by atoms with van der Waals surface area (Å²) in [5, 5.41) is 3.53. The van der Waals surface area contributed by atoms with Gasteiger partial charge in [-0.15, -0.1) is 54.1 Å². The van der Waals surface area contributed by atoms with E-state index in [2.05, 4.69) is 98.1 Å². The summed E-state index contributed by atoms with van der Waals surface area (Å²) in [6.07, 6.45) is 5.33. The van der Waals surface area contributed by atoms with Crippen LogP contribution in [-0.2, 0) is 20.1 Å². The Hall–Kier alpha value is -4.15. The zero-order valence-electron chi connectivity index (χ0n) is 28.6. The van der Waals surface area contributed by atoms with E-state index < -0.39 is 14.0 Å². The molecule has 3 aromatic heterocycles. The van der Waals surface area contributed by atoms with E-state index in [1.54, 1.807) is 6.20 Å². The first-order valence-corrected chi connectivity index (χ1v) is 19.5. The van der Waals surface area contributed by atoms with Gasteiger partial charge in [0.25, 0.3) is 0 Å². The number of benzene rings is 4. The van der Waals surface area contributed by atoms with Crippen molar-refractivity contribution in [3.05, 3.63) is 139 Å². The molecule has 47 heavy (non-hydrogen) atoms. The van der Waals surface area contributed by atoms with Crippen LogP contribution in [0.1, 0.15) is 39.5 Å². The molecule has 0 N–H and O–H groups in total. The summed E-state index contributed by atoms with van der Waals surface area (Å²) in [4.78, 5) is 9.12. The van der Waals surface area contributed by atoms with Gasteiger partial charge in [0.05, 0.1) is 13.7 Å². The SMILES string of the molecule is C[Si](C)(C)c1ccc(-c2[c-]cccc2)nc1.[2H]C(CC)(CC)c1ccnc(-c2[c-]ccc3c2oc2cc(-c4ccccc4)ccc23)c1.[Ir]. The molecule has 0 amide bonds. The maximum absolute atomic E-state index is 8.81. The van der Waals surface area contributed by atoms with E-state index in [9.17, 15) is 0 Å². The van der Waals surface area contributed by atoms with Gasteiger partial charge in [0.1, 0.15) is 5.58 Å². The van der Waals surface area contributed by atoms with Crippen molar-refractivity contribution in [1.29, 1.82) is 0 Å². The van der Waals surface area contributed by atoms with Gasteiger partial charge in [-0.05, 0) is 58.6 Å². The van der Waals surface area contributed by atoms with Crippen LogP contribution in [0.5, 0.6) is 0 Å². The van der Waals surface area contributed by atoms with Gasteiger partial charge in [0.2, 0.25) is 0 Å². The van der Waals surface area contributed by atoms with Crippen molar-refractivity contribution in [2.24, 2.45) is 0 Å². The molecule has 0 aliphatic carbocycles. The third-order valence-electron chi connectivity index (χ3n) is 8.43. The first-order valence-electron chi connectivity index (χ1n) is 16.5. The molecular weight excluding hydrogens is 769 g/mol. The normalized spacial score (nSPS) is 11.8. The number of pyridine rings is 2. The predicted molar refractivity (Wildman–Crippen MR) is 196 cm³/mol. The summed E-state index contributed by atoms with van der Waals surface area (Å²) >= 11 is 0. The average Bonchev–Trinajstić information content (AvgIpc) is 3.50. The third kappa shape index (κ3) is 7.71. The number of rotatable bonds is 7. The summed E-state index contributed by atoms with van der Waals surface area (Å²) in [5.74, 6) is -0.607. The fraction of sp³-hybridized carbons (Fsp3) is 0.190. The Kier molecular flexibility index (Phi) is 10.6. The van der Waals surface area contributed by atoms with Crippen molar-refractivity contribution < 1.29 is 25.9 Å². The van der Waals surface area contributed by atoms with Crippen molar-refractivity contribution >= 4 is 35.2 Å². The van der Waals surface area contributed by atoms with E-state index in [0.717, 1.165) is 74.0 Å². The molecule has 0 aliphatic rings. The first kappa shape index (κ1) is 32.8. The predicted octanol–water partition coefficient (Wildman–Crippen LogP) is 11.1. The number of hydrogen-bond donors (Lipinski definition) is 0. The standard InChI is InChI=1S/C28H24NO.C14H16NSi.Ir/c1-3-19(4-2)22-15-16-29-26(17-22)25-12-8-11-24-23-14-13-21(18-27(23)30-28(24)25)20-9-6-5-7-10-20;1-16(2,3)13-9-10-14(15-11-13)12-7-5-4-6-8-12;/h5-11,13-19H,3-4H2,1-2H3;4-7,9-11H,1-3H3;/q2*-1;/i19D;;. The molecule has 3 nitrogen and oxygen atoms in total. The number of fused-ring (bicyclic) bond motifs is 3. The third-order valence-corrected chi connectivity index (χ3v) is 10.5. The van der Waals surface area contributed by atoms with Crippen molar-refractivity contribution in [3.8, 4) is 33.6 Å². The molecule has 0 saturated carbocycles. The van der Waals surface area contributed by atoms with E-state index in [0.29, 0.717) is 0 Å². The summed E-state index contributed by atoms with van der Waals surface area (Å²) < 4.78 is 15.2. The molecule has 1 radical (unpaired) electrons. The smallest absolute Gasteiger partial charge is 0.121 e. The molecule has 3 heterocycles. The molecule has 239 valence electrons. The second-order valence-corrected chi connectivity index (χ2v) is 17.6. The van der Waals surface area contributed by atoms with Gasteiger partial charge >= 0.3 is 0 Å².